The maximum Gasteiger partial charge on any atom is 0.121 e. The van der Waals surface area contributed by atoms with Gasteiger partial charge in [-0.25, -0.2) is 0 Å². The van der Waals surface area contributed by atoms with Crippen molar-refractivity contribution in [3.8, 4) is 5.75 Å². The molecule has 2 rings (SSSR count). The second-order valence-corrected chi connectivity index (χ2v) is 4.64. The summed E-state index contributed by atoms with van der Waals surface area (Å²) >= 11 is 5.79. The highest BCUT2D eigenvalue weighted by molar-refractivity contribution is 6.33. The zero-order valence-corrected chi connectivity index (χ0v) is 12.1. The molecule has 0 saturated carbocycles. The molecule has 0 fully saturated rings. The van der Waals surface area contributed by atoms with Crippen molar-refractivity contribution in [3.63, 3.8) is 0 Å². The van der Waals surface area contributed by atoms with Crippen LogP contribution in [0.1, 0.15) is 11.1 Å². The molecule has 0 aliphatic heterocycles. The van der Waals surface area contributed by atoms with Gasteiger partial charge in [0.15, 0.2) is 0 Å². The molecule has 0 amide bonds. The van der Waals surface area contributed by atoms with E-state index in [2.05, 4.69) is 5.32 Å². The van der Waals surface area contributed by atoms with Crippen LogP contribution in [0, 0.1) is 13.8 Å². The molecule has 102 valence electrons. The Kier molecular flexibility index (Phi) is 5.52. The van der Waals surface area contributed by atoms with Gasteiger partial charge in [0.2, 0.25) is 0 Å². The lowest BCUT2D eigenvalue weighted by molar-refractivity contribution is 0.467. The Morgan fingerprint density at radius 3 is 2.11 bits per heavy atom. The molecule has 0 radical (unpaired) electrons. The van der Waals surface area contributed by atoms with E-state index in [0.29, 0.717) is 16.5 Å². The van der Waals surface area contributed by atoms with Crippen LogP contribution in [-0.2, 0) is 0 Å². The van der Waals surface area contributed by atoms with Crippen molar-refractivity contribution >= 4 is 23.0 Å². The molecule has 0 heterocycles. The topological polar surface area (TPSA) is 58.3 Å². The number of hydrogen-bond acceptors (Lipinski definition) is 3. The Hall–Kier alpha value is -1.87. The molecule has 0 aliphatic rings. The standard InChI is InChI=1S/C8H10O.C7H9ClN2/c1-6-4-3-5-7(2)8(6)9;1-10-7-3-2-5(9)4-6(7)8/h3-5,9H,1-2H3;2-4,10H,9H2,1H3. The summed E-state index contributed by atoms with van der Waals surface area (Å²) in [5.41, 5.74) is 8.93. The van der Waals surface area contributed by atoms with Gasteiger partial charge in [-0.15, -0.1) is 0 Å². The van der Waals surface area contributed by atoms with Gasteiger partial charge >= 0.3 is 0 Å². The molecule has 0 atom stereocenters. The van der Waals surface area contributed by atoms with Crippen LogP contribution in [0.5, 0.6) is 5.75 Å². The molecule has 0 bridgehead atoms. The van der Waals surface area contributed by atoms with Crippen LogP contribution in [0.4, 0.5) is 11.4 Å². The van der Waals surface area contributed by atoms with Gasteiger partial charge < -0.3 is 16.2 Å². The fraction of sp³-hybridized carbons (Fsp3) is 0.200. The summed E-state index contributed by atoms with van der Waals surface area (Å²) in [5, 5.41) is 12.8. The molecule has 0 spiro atoms. The maximum atomic E-state index is 9.21. The lowest BCUT2D eigenvalue weighted by Gasteiger charge is -2.02. The van der Waals surface area contributed by atoms with E-state index in [1.807, 2.05) is 45.2 Å². The minimum Gasteiger partial charge on any atom is -0.507 e. The number of phenols is 1. The van der Waals surface area contributed by atoms with Gasteiger partial charge in [-0.2, -0.15) is 0 Å². The zero-order chi connectivity index (χ0) is 14.4. The first-order valence-electron chi connectivity index (χ1n) is 5.93. The van der Waals surface area contributed by atoms with Gasteiger partial charge in [0.05, 0.1) is 10.7 Å². The van der Waals surface area contributed by atoms with Crippen LogP contribution in [-0.4, -0.2) is 12.2 Å². The van der Waals surface area contributed by atoms with Crippen molar-refractivity contribution in [1.29, 1.82) is 0 Å². The number of hydrogen-bond donors (Lipinski definition) is 3. The summed E-state index contributed by atoms with van der Waals surface area (Å²) in [6, 6.07) is 11.1. The quantitative estimate of drug-likeness (QED) is 0.692. The Morgan fingerprint density at radius 2 is 1.68 bits per heavy atom. The number of phenolic OH excluding ortho intramolecular Hbond substituents is 1. The van der Waals surface area contributed by atoms with Gasteiger partial charge in [0.1, 0.15) is 5.75 Å². The summed E-state index contributed by atoms with van der Waals surface area (Å²) in [6.07, 6.45) is 0. The highest BCUT2D eigenvalue weighted by atomic mass is 35.5. The number of para-hydroxylation sites is 1. The number of aryl methyl sites for hydroxylation is 2. The third-order valence-corrected chi connectivity index (χ3v) is 3.01. The Bertz CT molecular complexity index is 536. The van der Waals surface area contributed by atoms with Gasteiger partial charge in [0.25, 0.3) is 0 Å². The number of nitrogens with two attached hydrogens (primary N) is 1. The summed E-state index contributed by atoms with van der Waals surface area (Å²) < 4.78 is 0. The monoisotopic (exact) mass is 278 g/mol. The van der Waals surface area contributed by atoms with Crippen molar-refractivity contribution in [2.24, 2.45) is 0 Å². The summed E-state index contributed by atoms with van der Waals surface area (Å²) in [7, 11) is 1.82. The average Bonchev–Trinajstić information content (AvgIpc) is 2.37. The first-order chi connectivity index (χ1) is 8.95. The van der Waals surface area contributed by atoms with Crippen molar-refractivity contribution in [2.75, 3.05) is 18.1 Å². The lowest BCUT2D eigenvalue weighted by Crippen LogP contribution is -1.90. The molecule has 0 unspecified atom stereocenters. The molecular formula is C15H19ClN2O. The second kappa shape index (κ2) is 6.90. The van der Waals surface area contributed by atoms with Crippen LogP contribution < -0.4 is 11.1 Å². The first-order valence-corrected chi connectivity index (χ1v) is 6.31. The minimum atomic E-state index is 0.414. The number of nitrogen functional groups attached to an aromatic ring is 1. The molecule has 0 aromatic heterocycles. The predicted molar refractivity (Wildman–Crippen MR) is 83.0 cm³/mol. The average molecular weight is 279 g/mol. The van der Waals surface area contributed by atoms with E-state index in [4.69, 9.17) is 17.3 Å². The zero-order valence-electron chi connectivity index (χ0n) is 11.4. The predicted octanol–water partition coefficient (Wildman–Crippen LogP) is 3.97. The third-order valence-electron chi connectivity index (χ3n) is 2.70. The molecule has 2 aromatic carbocycles. The maximum absolute atomic E-state index is 9.21. The lowest BCUT2D eigenvalue weighted by atomic mass is 10.1. The molecule has 4 heteroatoms. The molecule has 3 nitrogen and oxygen atoms in total. The molecular weight excluding hydrogens is 260 g/mol. The highest BCUT2D eigenvalue weighted by Crippen LogP contribution is 2.23. The summed E-state index contributed by atoms with van der Waals surface area (Å²) in [5.74, 6) is 0.414. The fourth-order valence-corrected chi connectivity index (χ4v) is 1.82. The number of halogens is 1. The van der Waals surface area contributed by atoms with Crippen LogP contribution >= 0.6 is 11.6 Å². The van der Waals surface area contributed by atoms with E-state index < -0.39 is 0 Å². The van der Waals surface area contributed by atoms with Crippen LogP contribution in [0.3, 0.4) is 0 Å². The van der Waals surface area contributed by atoms with E-state index in [-0.39, 0.29) is 0 Å². The molecule has 0 aliphatic carbocycles. The number of rotatable bonds is 1. The normalized spacial score (nSPS) is 9.47. The Balaban J connectivity index is 0.000000191. The van der Waals surface area contributed by atoms with Crippen molar-refractivity contribution in [2.45, 2.75) is 13.8 Å². The molecule has 0 saturated heterocycles. The van der Waals surface area contributed by atoms with Gasteiger partial charge in [-0.05, 0) is 43.2 Å². The van der Waals surface area contributed by atoms with Crippen LogP contribution in [0.2, 0.25) is 5.02 Å². The second-order valence-electron chi connectivity index (χ2n) is 4.23. The number of nitrogens with one attached hydrogen (secondary N) is 1. The largest absolute Gasteiger partial charge is 0.507 e. The Morgan fingerprint density at radius 1 is 1.11 bits per heavy atom. The van der Waals surface area contributed by atoms with E-state index in [1.54, 1.807) is 12.1 Å². The minimum absolute atomic E-state index is 0.414. The first kappa shape index (κ1) is 15.2. The van der Waals surface area contributed by atoms with E-state index in [0.717, 1.165) is 16.8 Å². The number of benzene rings is 2. The summed E-state index contributed by atoms with van der Waals surface area (Å²) in [6.45, 7) is 3.78. The van der Waals surface area contributed by atoms with Crippen LogP contribution in [0.25, 0.3) is 0 Å². The van der Waals surface area contributed by atoms with E-state index in [1.165, 1.54) is 0 Å². The van der Waals surface area contributed by atoms with E-state index >= 15 is 0 Å². The van der Waals surface area contributed by atoms with Gasteiger partial charge in [0, 0.05) is 12.7 Å². The van der Waals surface area contributed by atoms with Crippen molar-refractivity contribution in [3.05, 3.63) is 52.5 Å². The molecule has 4 N–H and O–H groups in total. The van der Waals surface area contributed by atoms with Gasteiger partial charge in [-0.3, -0.25) is 0 Å². The molecule has 2 aromatic rings. The SMILES string of the molecule is CNc1ccc(N)cc1Cl.Cc1cccc(C)c1O. The van der Waals surface area contributed by atoms with E-state index in [9.17, 15) is 5.11 Å². The summed E-state index contributed by atoms with van der Waals surface area (Å²) in [4.78, 5) is 0. The van der Waals surface area contributed by atoms with Crippen molar-refractivity contribution < 1.29 is 5.11 Å². The number of aromatic hydroxyl groups is 1. The van der Waals surface area contributed by atoms with Gasteiger partial charge in [-0.1, -0.05) is 29.8 Å². The third kappa shape index (κ3) is 4.38. The number of anilines is 2. The highest BCUT2D eigenvalue weighted by Gasteiger charge is 1.96. The molecule has 19 heavy (non-hydrogen) atoms. The smallest absolute Gasteiger partial charge is 0.121 e. The van der Waals surface area contributed by atoms with Crippen molar-refractivity contribution in [1.82, 2.24) is 0 Å². The van der Waals surface area contributed by atoms with Crippen LogP contribution in [0.15, 0.2) is 36.4 Å². The Labute approximate surface area is 119 Å². The fourth-order valence-electron chi connectivity index (χ4n) is 1.54.